The molecule has 0 saturated heterocycles. The van der Waals surface area contributed by atoms with Crippen LogP contribution in [-0.4, -0.2) is 39.3 Å². The lowest BCUT2D eigenvalue weighted by Crippen LogP contribution is -2.33. The highest BCUT2D eigenvalue weighted by Crippen LogP contribution is 2.35. The maximum atomic E-state index is 12.9. The van der Waals surface area contributed by atoms with Crippen LogP contribution in [0.3, 0.4) is 0 Å². The lowest BCUT2D eigenvalue weighted by atomic mass is 10.2. The third-order valence-electron chi connectivity index (χ3n) is 6.02. The van der Waals surface area contributed by atoms with Crippen molar-refractivity contribution in [2.75, 3.05) is 22.1 Å². The molecule has 1 heterocycles. The smallest absolute Gasteiger partial charge is 0.226 e. The van der Waals surface area contributed by atoms with Crippen molar-refractivity contribution in [1.29, 1.82) is 0 Å². The van der Waals surface area contributed by atoms with E-state index in [1.54, 1.807) is 4.57 Å². The number of amides is 1. The molecule has 4 N–H and O–H groups in total. The molecule has 1 unspecified atom stereocenters. The minimum Gasteiger partial charge on any atom is -0.380 e. The molecule has 4 aromatic rings. The van der Waals surface area contributed by atoms with E-state index in [2.05, 4.69) is 50.0 Å². The largest absolute Gasteiger partial charge is 0.380 e. The summed E-state index contributed by atoms with van der Waals surface area (Å²) in [4.78, 5) is 15.2. The van der Waals surface area contributed by atoms with Crippen molar-refractivity contribution in [3.63, 3.8) is 0 Å². The molecule has 1 aliphatic rings. The van der Waals surface area contributed by atoms with E-state index in [1.807, 2.05) is 60.7 Å². The first-order valence-corrected chi connectivity index (χ1v) is 12.3. The van der Waals surface area contributed by atoms with Gasteiger partial charge in [0.15, 0.2) is 9.54 Å². The number of nitrogens with zero attached hydrogens (tertiary/aromatic N) is 2. The Morgan fingerprint density at radius 3 is 2.29 bits per heavy atom. The molecule has 0 aliphatic heterocycles. The molecule has 3 aromatic carbocycles. The summed E-state index contributed by atoms with van der Waals surface area (Å²) in [7, 11) is 0. The van der Waals surface area contributed by atoms with Crippen LogP contribution in [0.1, 0.15) is 12.8 Å². The van der Waals surface area contributed by atoms with Gasteiger partial charge in [-0.15, -0.1) is 0 Å². The van der Waals surface area contributed by atoms with Crippen molar-refractivity contribution in [2.24, 2.45) is 0 Å². The van der Waals surface area contributed by atoms with Crippen LogP contribution in [0.5, 0.6) is 0 Å². The summed E-state index contributed by atoms with van der Waals surface area (Å²) < 4.78 is 2.66. The van der Waals surface area contributed by atoms with E-state index in [0.717, 1.165) is 23.5 Å². The number of hydrogen-bond acceptors (Lipinski definition) is 5. The minimum atomic E-state index is -0.0425. The van der Waals surface area contributed by atoms with E-state index in [0.29, 0.717) is 40.3 Å². The Kier molecular flexibility index (Phi) is 6.78. The number of rotatable bonds is 9. The zero-order valence-electron chi connectivity index (χ0n) is 19.0. The van der Waals surface area contributed by atoms with Gasteiger partial charge >= 0.3 is 0 Å². The zero-order valence-corrected chi connectivity index (χ0v) is 20.6. The van der Waals surface area contributed by atoms with E-state index in [1.165, 1.54) is 0 Å². The molecule has 0 spiro atoms. The average molecular weight is 503 g/mol. The van der Waals surface area contributed by atoms with Gasteiger partial charge < -0.3 is 15.5 Å². The van der Waals surface area contributed by atoms with Crippen LogP contribution in [0, 0.1) is 9.54 Å². The lowest BCUT2D eigenvalue weighted by Gasteiger charge is -2.25. The summed E-state index contributed by atoms with van der Waals surface area (Å²) in [6, 6.07) is 28.7. The number of hydrogen-bond donors (Lipinski definition) is 4. The number of aromatic amines is 2. The molecule has 1 aromatic heterocycles. The predicted octanol–water partition coefficient (Wildman–Crippen LogP) is 5.68. The van der Waals surface area contributed by atoms with Gasteiger partial charge in [0.2, 0.25) is 5.91 Å². The van der Waals surface area contributed by atoms with Crippen molar-refractivity contribution < 1.29 is 4.79 Å². The fourth-order valence-corrected chi connectivity index (χ4v) is 4.80. The van der Waals surface area contributed by atoms with Crippen molar-refractivity contribution in [2.45, 2.75) is 24.9 Å². The quantitative estimate of drug-likeness (QED) is 0.221. The number of carbonyl (C=O) groups excluding carboxylic acids is 1. The van der Waals surface area contributed by atoms with Crippen LogP contribution in [0.2, 0.25) is 0 Å². The van der Waals surface area contributed by atoms with Crippen molar-refractivity contribution in [1.82, 2.24) is 14.8 Å². The second kappa shape index (κ2) is 10.3. The predicted molar refractivity (Wildman–Crippen MR) is 145 cm³/mol. The van der Waals surface area contributed by atoms with E-state index in [-0.39, 0.29) is 5.91 Å². The number of aromatic nitrogens is 3. The number of para-hydroxylation sites is 2. The molecule has 35 heavy (non-hydrogen) atoms. The molecule has 5 rings (SSSR count). The monoisotopic (exact) mass is 502 g/mol. The van der Waals surface area contributed by atoms with Gasteiger partial charge in [0.05, 0.1) is 11.7 Å². The van der Waals surface area contributed by atoms with Gasteiger partial charge in [-0.25, -0.2) is 0 Å². The van der Waals surface area contributed by atoms with Crippen molar-refractivity contribution in [3.8, 4) is 5.69 Å². The topological polar surface area (TPSA) is 80.9 Å². The van der Waals surface area contributed by atoms with Gasteiger partial charge in [-0.05, 0) is 73.3 Å². The highest BCUT2D eigenvalue weighted by atomic mass is 32.1. The number of carbonyl (C=O) groups is 1. The van der Waals surface area contributed by atoms with E-state index < -0.39 is 0 Å². The van der Waals surface area contributed by atoms with Crippen molar-refractivity contribution in [3.05, 3.63) is 94.5 Å². The van der Waals surface area contributed by atoms with Gasteiger partial charge in [-0.2, -0.15) is 0 Å². The average Bonchev–Trinajstić information content (AvgIpc) is 3.54. The Labute approximate surface area is 213 Å². The lowest BCUT2D eigenvalue weighted by molar-refractivity contribution is -0.116. The van der Waals surface area contributed by atoms with E-state index in [4.69, 9.17) is 24.4 Å². The number of anilines is 3. The molecule has 0 bridgehead atoms. The number of benzene rings is 3. The van der Waals surface area contributed by atoms with Crippen LogP contribution < -0.4 is 15.5 Å². The number of H-pyrrole nitrogens is 2. The van der Waals surface area contributed by atoms with Gasteiger partial charge in [-0.3, -0.25) is 19.6 Å². The third-order valence-corrected chi connectivity index (χ3v) is 6.59. The third kappa shape index (κ3) is 5.52. The van der Waals surface area contributed by atoms with Crippen LogP contribution >= 0.6 is 24.4 Å². The second-order valence-electron chi connectivity index (χ2n) is 8.49. The summed E-state index contributed by atoms with van der Waals surface area (Å²) in [6.45, 7) is 0.626. The molecule has 2 atom stereocenters. The fourth-order valence-electron chi connectivity index (χ4n) is 4.25. The molecule has 1 amide bonds. The second-order valence-corrected chi connectivity index (χ2v) is 9.27. The van der Waals surface area contributed by atoms with Gasteiger partial charge in [0.1, 0.15) is 0 Å². The van der Waals surface area contributed by atoms with Crippen LogP contribution in [0.4, 0.5) is 17.1 Å². The Hall–Kier alpha value is -3.69. The Morgan fingerprint density at radius 1 is 0.914 bits per heavy atom. The van der Waals surface area contributed by atoms with Crippen LogP contribution in [-0.2, 0) is 4.79 Å². The van der Waals surface area contributed by atoms with Gasteiger partial charge in [-0.1, -0.05) is 42.5 Å². The van der Waals surface area contributed by atoms with Crippen molar-refractivity contribution >= 4 is 47.4 Å². The Morgan fingerprint density at radius 2 is 1.57 bits per heavy atom. The summed E-state index contributed by atoms with van der Waals surface area (Å²) in [5.74, 6) is -0.0425. The minimum absolute atomic E-state index is 0.0425. The molecular formula is C26H26N6OS2. The van der Waals surface area contributed by atoms with Crippen LogP contribution in [0.25, 0.3) is 5.69 Å². The SMILES string of the molecule is O=C(CCN(c1ccccc1)[C@H]1CC1Nc1ccccc1)Nc1cccc(-n2c(=S)[nH][nH]c2=S)c1. The summed E-state index contributed by atoms with van der Waals surface area (Å²) >= 11 is 10.6. The Balaban J connectivity index is 1.24. The van der Waals surface area contributed by atoms with Crippen LogP contribution in [0.15, 0.2) is 84.9 Å². The summed E-state index contributed by atoms with van der Waals surface area (Å²) in [5.41, 5.74) is 3.73. The molecule has 0 radical (unpaired) electrons. The van der Waals surface area contributed by atoms with Gasteiger partial charge in [0.25, 0.3) is 0 Å². The summed E-state index contributed by atoms with van der Waals surface area (Å²) in [5, 5.41) is 12.3. The normalized spacial score (nSPS) is 16.5. The molecule has 1 aliphatic carbocycles. The highest BCUT2D eigenvalue weighted by molar-refractivity contribution is 7.72. The van der Waals surface area contributed by atoms with E-state index in [9.17, 15) is 4.79 Å². The molecule has 9 heteroatoms. The maximum absolute atomic E-state index is 12.9. The molecular weight excluding hydrogens is 476 g/mol. The first-order valence-electron chi connectivity index (χ1n) is 11.5. The first kappa shape index (κ1) is 23.1. The number of nitrogens with one attached hydrogen (secondary N) is 4. The fraction of sp³-hybridized carbons (Fsp3) is 0.192. The van der Waals surface area contributed by atoms with Gasteiger partial charge in [0, 0.05) is 36.1 Å². The standard InChI is InChI=1S/C26H26N6OS2/c33-24(28-19-10-7-13-21(16-19)32-25(34)29-30-26(32)35)14-15-31(20-11-5-2-6-12-20)23-17-22(23)27-18-8-3-1-4-9-18/h1-13,16,22-23,27H,14-15,17H2,(H,28,33)(H,29,34)(H,30,35)/t22?,23-/m0/s1. The summed E-state index contributed by atoms with van der Waals surface area (Å²) in [6.07, 6.45) is 1.41. The molecule has 7 nitrogen and oxygen atoms in total. The van der Waals surface area contributed by atoms with E-state index >= 15 is 0 Å². The molecule has 1 fully saturated rings. The zero-order chi connectivity index (χ0) is 24.2. The first-order chi connectivity index (χ1) is 17.1. The maximum Gasteiger partial charge on any atom is 0.226 e. The molecule has 178 valence electrons. The molecule has 1 saturated carbocycles. The Bertz CT molecular complexity index is 1390. The highest BCUT2D eigenvalue weighted by Gasteiger charge is 2.42.